The lowest BCUT2D eigenvalue weighted by molar-refractivity contribution is -0.127. The standard InChI is InChI=1S/C28H50N2O7S/c1-19(2)22(15-21-9-10-26(36-6)27(16-21)37-13-8-12-35-5)17-24(29)25(31)18-23(20(3)4)28(32)30-11-14-38(7,33)34/h9-10,16,19-20,22-25,31H,8,11-15,17-18,29H2,1-7H3,(H,30,32)/t22-,23-,24-,25-/m0/s1. The average molecular weight is 559 g/mol. The normalized spacial score (nSPS) is 15.2. The number of methoxy groups -OCH3 is 2. The van der Waals surface area contributed by atoms with Crippen LogP contribution in [-0.2, 0) is 25.8 Å². The van der Waals surface area contributed by atoms with E-state index < -0.39 is 27.9 Å². The SMILES string of the molecule is COCCCOc1cc(C[C@@H](C[C@H](N)[C@@H](O)C[C@H](C(=O)NCCS(C)(=O)=O)C(C)C)C(C)C)ccc1OC. The Hall–Kier alpha value is -1.88. The van der Waals surface area contributed by atoms with Crippen molar-refractivity contribution in [2.75, 3.05) is 46.0 Å². The highest BCUT2D eigenvalue weighted by Gasteiger charge is 2.30. The summed E-state index contributed by atoms with van der Waals surface area (Å²) in [7, 11) is 0.109. The van der Waals surface area contributed by atoms with Crippen LogP contribution in [0.3, 0.4) is 0 Å². The third-order valence-electron chi connectivity index (χ3n) is 6.90. The summed E-state index contributed by atoms with van der Waals surface area (Å²) < 4.78 is 39.2. The highest BCUT2D eigenvalue weighted by molar-refractivity contribution is 7.90. The van der Waals surface area contributed by atoms with Gasteiger partial charge in [-0.15, -0.1) is 0 Å². The predicted octanol–water partition coefficient (Wildman–Crippen LogP) is 2.83. The number of hydrogen-bond donors (Lipinski definition) is 3. The summed E-state index contributed by atoms with van der Waals surface area (Å²) in [6, 6.07) is 5.42. The molecule has 0 saturated heterocycles. The maximum atomic E-state index is 12.7. The summed E-state index contributed by atoms with van der Waals surface area (Å²) in [4.78, 5) is 12.7. The highest BCUT2D eigenvalue weighted by Crippen LogP contribution is 2.31. The largest absolute Gasteiger partial charge is 0.493 e. The molecule has 0 aromatic heterocycles. The van der Waals surface area contributed by atoms with Crippen LogP contribution in [0, 0.1) is 23.7 Å². The Labute approximate surface area is 229 Å². The van der Waals surface area contributed by atoms with Crippen molar-refractivity contribution in [1.29, 1.82) is 0 Å². The molecule has 0 aliphatic rings. The second-order valence-corrected chi connectivity index (χ2v) is 13.1. The average Bonchev–Trinajstić information content (AvgIpc) is 2.83. The van der Waals surface area contributed by atoms with Gasteiger partial charge in [-0.2, -0.15) is 0 Å². The molecule has 1 rings (SSSR count). The van der Waals surface area contributed by atoms with Gasteiger partial charge in [-0.25, -0.2) is 8.42 Å². The van der Waals surface area contributed by atoms with Gasteiger partial charge in [0.05, 0.1) is 25.6 Å². The summed E-state index contributed by atoms with van der Waals surface area (Å²) in [6.07, 6.45) is 2.62. The minimum atomic E-state index is -3.17. The van der Waals surface area contributed by atoms with E-state index in [4.69, 9.17) is 19.9 Å². The fraction of sp³-hybridized carbons (Fsp3) is 0.750. The number of aliphatic hydroxyl groups excluding tert-OH is 1. The van der Waals surface area contributed by atoms with Crippen LogP contribution in [0.4, 0.5) is 0 Å². The minimum Gasteiger partial charge on any atom is -0.493 e. The van der Waals surface area contributed by atoms with Gasteiger partial charge in [0.15, 0.2) is 11.5 Å². The molecule has 0 spiro atoms. The van der Waals surface area contributed by atoms with Crippen molar-refractivity contribution in [3.8, 4) is 11.5 Å². The molecule has 0 heterocycles. The number of ether oxygens (including phenoxy) is 3. The Kier molecular flexibility index (Phi) is 15.2. The first-order chi connectivity index (χ1) is 17.8. The summed E-state index contributed by atoms with van der Waals surface area (Å²) in [5.41, 5.74) is 7.56. The predicted molar refractivity (Wildman–Crippen MR) is 151 cm³/mol. The lowest BCUT2D eigenvalue weighted by Crippen LogP contribution is -2.43. The first kappa shape index (κ1) is 34.1. The summed E-state index contributed by atoms with van der Waals surface area (Å²) in [5.74, 6) is 1.02. The number of aliphatic hydroxyl groups is 1. The summed E-state index contributed by atoms with van der Waals surface area (Å²) in [5, 5.41) is 13.6. The van der Waals surface area contributed by atoms with Gasteiger partial charge in [0, 0.05) is 44.9 Å². The van der Waals surface area contributed by atoms with Crippen molar-refractivity contribution in [2.24, 2.45) is 29.4 Å². The lowest BCUT2D eigenvalue weighted by Gasteiger charge is -2.30. The minimum absolute atomic E-state index is 0.0300. The van der Waals surface area contributed by atoms with Gasteiger partial charge in [-0.1, -0.05) is 33.8 Å². The second-order valence-electron chi connectivity index (χ2n) is 10.9. The molecular formula is C28H50N2O7S. The number of amides is 1. The van der Waals surface area contributed by atoms with Gasteiger partial charge < -0.3 is 30.4 Å². The molecule has 1 aromatic carbocycles. The maximum Gasteiger partial charge on any atom is 0.223 e. The van der Waals surface area contributed by atoms with Crippen LogP contribution in [0.15, 0.2) is 18.2 Å². The first-order valence-corrected chi connectivity index (χ1v) is 15.5. The van der Waals surface area contributed by atoms with E-state index in [1.165, 1.54) is 0 Å². The van der Waals surface area contributed by atoms with E-state index in [0.717, 1.165) is 24.7 Å². The van der Waals surface area contributed by atoms with Gasteiger partial charge in [-0.05, 0) is 54.7 Å². The molecule has 9 nitrogen and oxygen atoms in total. The van der Waals surface area contributed by atoms with Crippen molar-refractivity contribution >= 4 is 15.7 Å². The van der Waals surface area contributed by atoms with Crippen molar-refractivity contribution in [1.82, 2.24) is 5.32 Å². The van der Waals surface area contributed by atoms with Crippen LogP contribution < -0.4 is 20.5 Å². The molecule has 38 heavy (non-hydrogen) atoms. The van der Waals surface area contributed by atoms with Crippen molar-refractivity contribution in [3.63, 3.8) is 0 Å². The molecule has 0 aliphatic heterocycles. The Bertz CT molecular complexity index is 937. The maximum absolute atomic E-state index is 12.7. The highest BCUT2D eigenvalue weighted by atomic mass is 32.2. The number of nitrogens with one attached hydrogen (secondary N) is 1. The lowest BCUT2D eigenvalue weighted by atomic mass is 9.81. The van der Waals surface area contributed by atoms with Gasteiger partial charge in [0.2, 0.25) is 5.91 Å². The van der Waals surface area contributed by atoms with E-state index in [0.29, 0.717) is 37.1 Å². The number of rotatable bonds is 19. The molecule has 4 N–H and O–H groups in total. The van der Waals surface area contributed by atoms with Gasteiger partial charge in [0.1, 0.15) is 9.84 Å². The molecule has 1 aromatic rings. The Morgan fingerprint density at radius 2 is 1.74 bits per heavy atom. The summed E-state index contributed by atoms with van der Waals surface area (Å²) >= 11 is 0. The Morgan fingerprint density at radius 1 is 1.05 bits per heavy atom. The van der Waals surface area contributed by atoms with Crippen LogP contribution in [-0.4, -0.2) is 77.6 Å². The zero-order valence-electron chi connectivity index (χ0n) is 24.2. The number of hydrogen-bond acceptors (Lipinski definition) is 8. The van der Waals surface area contributed by atoms with Crippen molar-refractivity contribution < 1.29 is 32.5 Å². The third-order valence-corrected chi connectivity index (χ3v) is 7.84. The first-order valence-electron chi connectivity index (χ1n) is 13.5. The van der Waals surface area contributed by atoms with E-state index in [1.807, 2.05) is 32.0 Å². The Balaban J connectivity index is 2.83. The zero-order chi connectivity index (χ0) is 28.9. The molecule has 0 aliphatic carbocycles. The molecule has 0 saturated carbocycles. The van der Waals surface area contributed by atoms with E-state index in [2.05, 4.69) is 19.2 Å². The third kappa shape index (κ3) is 12.8. The molecule has 4 atom stereocenters. The fourth-order valence-electron chi connectivity index (χ4n) is 4.35. The quantitative estimate of drug-likeness (QED) is 0.221. The Morgan fingerprint density at radius 3 is 2.29 bits per heavy atom. The van der Waals surface area contributed by atoms with Crippen molar-refractivity contribution in [3.05, 3.63) is 23.8 Å². The van der Waals surface area contributed by atoms with Crippen LogP contribution in [0.25, 0.3) is 0 Å². The summed E-state index contributed by atoms with van der Waals surface area (Å²) in [6.45, 7) is 9.31. The topological polar surface area (TPSA) is 137 Å². The number of carbonyl (C=O) groups excluding carboxylic acids is 1. The molecule has 0 radical (unpaired) electrons. The van der Waals surface area contributed by atoms with Gasteiger partial charge >= 0.3 is 0 Å². The molecule has 0 fully saturated rings. The van der Waals surface area contributed by atoms with E-state index in [-0.39, 0.29) is 36.5 Å². The molecule has 1 amide bonds. The number of benzene rings is 1. The smallest absolute Gasteiger partial charge is 0.223 e. The van der Waals surface area contributed by atoms with Crippen LogP contribution in [0.5, 0.6) is 11.5 Å². The van der Waals surface area contributed by atoms with Gasteiger partial charge in [0.25, 0.3) is 0 Å². The number of carbonyl (C=O) groups is 1. The van der Waals surface area contributed by atoms with E-state index in [1.54, 1.807) is 14.2 Å². The van der Waals surface area contributed by atoms with Crippen LogP contribution >= 0.6 is 0 Å². The van der Waals surface area contributed by atoms with E-state index in [9.17, 15) is 18.3 Å². The number of sulfone groups is 1. The van der Waals surface area contributed by atoms with Crippen LogP contribution in [0.2, 0.25) is 0 Å². The van der Waals surface area contributed by atoms with Crippen LogP contribution in [0.1, 0.15) is 52.5 Å². The molecular weight excluding hydrogens is 508 g/mol. The molecule has 0 bridgehead atoms. The zero-order valence-corrected chi connectivity index (χ0v) is 25.1. The van der Waals surface area contributed by atoms with Gasteiger partial charge in [-0.3, -0.25) is 4.79 Å². The molecule has 10 heteroatoms. The monoisotopic (exact) mass is 558 g/mol. The van der Waals surface area contributed by atoms with E-state index >= 15 is 0 Å². The number of nitrogens with two attached hydrogens (primary N) is 1. The second kappa shape index (κ2) is 16.9. The molecule has 220 valence electrons. The molecule has 0 unspecified atom stereocenters. The fourth-order valence-corrected chi connectivity index (χ4v) is 4.83. The van der Waals surface area contributed by atoms with Crippen molar-refractivity contribution in [2.45, 2.75) is 65.5 Å².